The molecule has 160 valence electrons. The van der Waals surface area contributed by atoms with Crippen LogP contribution in [0.4, 0.5) is 4.79 Å². The van der Waals surface area contributed by atoms with Gasteiger partial charge in [-0.25, -0.2) is 4.79 Å². The van der Waals surface area contributed by atoms with Crippen molar-refractivity contribution in [2.75, 3.05) is 6.61 Å². The van der Waals surface area contributed by atoms with Gasteiger partial charge < -0.3 is 9.47 Å². The standard InChI is InChI=1S/C23H31N3O3Si/c1-8-26-21(13-17(4)25-26)22(29-23(27)28-15-16(2)3)20(14-24)18-9-11-19(12-10-18)30(5,6)7/h9-13,16H,8,15H2,1-7H3. The van der Waals surface area contributed by atoms with E-state index in [1.54, 1.807) is 4.68 Å². The minimum atomic E-state index is -1.47. The lowest BCUT2D eigenvalue weighted by molar-refractivity contribution is 0.0803. The number of carbonyl (C=O) groups is 1. The third-order valence-electron chi connectivity index (χ3n) is 4.53. The van der Waals surface area contributed by atoms with Crippen LogP contribution in [0, 0.1) is 24.2 Å². The van der Waals surface area contributed by atoms with E-state index in [2.05, 4.69) is 42.9 Å². The van der Waals surface area contributed by atoms with E-state index in [1.165, 1.54) is 5.19 Å². The van der Waals surface area contributed by atoms with Crippen molar-refractivity contribution in [3.63, 3.8) is 0 Å². The Morgan fingerprint density at radius 1 is 1.23 bits per heavy atom. The number of hydrogen-bond donors (Lipinski definition) is 0. The predicted molar refractivity (Wildman–Crippen MR) is 122 cm³/mol. The summed E-state index contributed by atoms with van der Waals surface area (Å²) in [6.07, 6.45) is -0.827. The van der Waals surface area contributed by atoms with Crippen molar-refractivity contribution in [3.8, 4) is 6.07 Å². The molecule has 1 aromatic heterocycles. The number of nitrogens with zero attached hydrogens (tertiary/aromatic N) is 3. The lowest BCUT2D eigenvalue weighted by Crippen LogP contribution is -2.37. The summed E-state index contributed by atoms with van der Waals surface area (Å²) < 4.78 is 12.5. The van der Waals surface area contributed by atoms with Crippen LogP contribution in [0.1, 0.15) is 37.7 Å². The predicted octanol–water partition coefficient (Wildman–Crippen LogP) is 4.96. The van der Waals surface area contributed by atoms with Gasteiger partial charge in [0, 0.05) is 6.54 Å². The van der Waals surface area contributed by atoms with Crippen LogP contribution >= 0.6 is 0 Å². The molecule has 0 radical (unpaired) electrons. The Morgan fingerprint density at radius 2 is 1.87 bits per heavy atom. The maximum Gasteiger partial charge on any atom is 0.513 e. The van der Waals surface area contributed by atoms with Crippen molar-refractivity contribution in [2.24, 2.45) is 5.92 Å². The summed E-state index contributed by atoms with van der Waals surface area (Å²) >= 11 is 0. The molecule has 1 aromatic carbocycles. The molecular weight excluding hydrogens is 394 g/mol. The average Bonchev–Trinajstić information content (AvgIpc) is 3.06. The highest BCUT2D eigenvalue weighted by Gasteiger charge is 2.23. The molecule has 0 bridgehead atoms. The van der Waals surface area contributed by atoms with E-state index in [4.69, 9.17) is 9.47 Å². The molecule has 2 rings (SSSR count). The third kappa shape index (κ3) is 5.83. The number of carbonyl (C=O) groups excluding carboxylic acids is 1. The van der Waals surface area contributed by atoms with E-state index in [0.717, 1.165) is 5.69 Å². The number of nitriles is 1. The highest BCUT2D eigenvalue weighted by Crippen LogP contribution is 2.28. The molecule has 0 amide bonds. The molecule has 0 atom stereocenters. The van der Waals surface area contributed by atoms with Crippen LogP contribution in [-0.4, -0.2) is 30.6 Å². The minimum Gasteiger partial charge on any atom is -0.434 e. The van der Waals surface area contributed by atoms with Crippen molar-refractivity contribution in [1.82, 2.24) is 9.78 Å². The summed E-state index contributed by atoms with van der Waals surface area (Å²) in [6, 6.07) is 12.0. The molecule has 0 N–H and O–H groups in total. The molecule has 0 aliphatic carbocycles. The number of hydrogen-bond acceptors (Lipinski definition) is 5. The van der Waals surface area contributed by atoms with Gasteiger partial charge in [-0.1, -0.05) is 62.9 Å². The first-order valence-corrected chi connectivity index (χ1v) is 13.7. The van der Waals surface area contributed by atoms with Crippen LogP contribution in [0.3, 0.4) is 0 Å². The largest absolute Gasteiger partial charge is 0.513 e. The number of aromatic nitrogens is 2. The SMILES string of the molecule is CCn1nc(C)cc1C(OC(=O)OCC(C)C)=C(C#N)c1ccc([Si](C)(C)C)cc1. The molecule has 1 heterocycles. The molecule has 0 fully saturated rings. The maximum atomic E-state index is 12.4. The second-order valence-electron chi connectivity index (χ2n) is 8.69. The molecule has 0 saturated heterocycles. The van der Waals surface area contributed by atoms with Gasteiger partial charge in [0.2, 0.25) is 0 Å². The second kappa shape index (κ2) is 9.77. The average molecular weight is 426 g/mol. The molecule has 7 heteroatoms. The van der Waals surface area contributed by atoms with Crippen molar-refractivity contribution >= 4 is 30.7 Å². The van der Waals surface area contributed by atoms with E-state index < -0.39 is 14.2 Å². The summed E-state index contributed by atoms with van der Waals surface area (Å²) in [7, 11) is -1.47. The smallest absolute Gasteiger partial charge is 0.434 e. The molecule has 0 spiro atoms. The van der Waals surface area contributed by atoms with Crippen molar-refractivity contribution in [1.29, 1.82) is 5.26 Å². The van der Waals surface area contributed by atoms with Gasteiger partial charge in [0.1, 0.15) is 17.3 Å². The zero-order chi connectivity index (χ0) is 22.5. The molecular formula is C23H31N3O3Si. The normalized spacial score (nSPS) is 12.4. The van der Waals surface area contributed by atoms with Crippen LogP contribution < -0.4 is 5.19 Å². The Hall–Kier alpha value is -2.85. The Bertz CT molecular complexity index is 961. The zero-order valence-electron chi connectivity index (χ0n) is 18.9. The zero-order valence-corrected chi connectivity index (χ0v) is 19.9. The summed E-state index contributed by atoms with van der Waals surface area (Å²) in [5.41, 5.74) is 2.30. The van der Waals surface area contributed by atoms with Crippen LogP contribution in [0.15, 0.2) is 30.3 Å². The number of allylic oxidation sites excluding steroid dienone is 1. The van der Waals surface area contributed by atoms with Crippen molar-refractivity contribution in [2.45, 2.75) is 53.9 Å². The van der Waals surface area contributed by atoms with Crippen molar-refractivity contribution < 1.29 is 14.3 Å². The summed E-state index contributed by atoms with van der Waals surface area (Å²) in [5.74, 6) is 0.340. The van der Waals surface area contributed by atoms with Gasteiger partial charge in [-0.15, -0.1) is 0 Å². The van der Waals surface area contributed by atoms with E-state index in [0.29, 0.717) is 17.8 Å². The minimum absolute atomic E-state index is 0.162. The van der Waals surface area contributed by atoms with Gasteiger partial charge >= 0.3 is 6.16 Å². The van der Waals surface area contributed by atoms with E-state index in [9.17, 15) is 10.1 Å². The third-order valence-corrected chi connectivity index (χ3v) is 6.60. The second-order valence-corrected chi connectivity index (χ2v) is 13.8. The number of ether oxygens (including phenoxy) is 2. The highest BCUT2D eigenvalue weighted by molar-refractivity contribution is 6.88. The number of aryl methyl sites for hydroxylation is 2. The fraction of sp³-hybridized carbons (Fsp3) is 0.435. The number of benzene rings is 1. The van der Waals surface area contributed by atoms with Gasteiger partial charge in [-0.2, -0.15) is 10.4 Å². The van der Waals surface area contributed by atoms with Crippen molar-refractivity contribution in [3.05, 3.63) is 47.3 Å². The molecule has 0 aliphatic heterocycles. The molecule has 0 unspecified atom stereocenters. The van der Waals surface area contributed by atoms with E-state index >= 15 is 0 Å². The monoisotopic (exact) mass is 425 g/mol. The van der Waals surface area contributed by atoms with Gasteiger partial charge in [0.05, 0.1) is 20.4 Å². The van der Waals surface area contributed by atoms with Gasteiger partial charge in [-0.05, 0) is 31.4 Å². The Labute approximate surface area is 180 Å². The lowest BCUT2D eigenvalue weighted by Gasteiger charge is -2.17. The Balaban J connectivity index is 2.57. The topological polar surface area (TPSA) is 77.1 Å². The molecule has 2 aromatic rings. The Kier molecular flexibility index (Phi) is 7.63. The number of rotatable bonds is 7. The molecule has 6 nitrogen and oxygen atoms in total. The van der Waals surface area contributed by atoms with Gasteiger partial charge in [0.15, 0.2) is 5.76 Å². The van der Waals surface area contributed by atoms with Crippen LogP contribution in [-0.2, 0) is 16.0 Å². The lowest BCUT2D eigenvalue weighted by atomic mass is 10.0. The van der Waals surface area contributed by atoms with Crippen LogP contribution in [0.2, 0.25) is 19.6 Å². The maximum absolute atomic E-state index is 12.4. The first-order valence-electron chi connectivity index (χ1n) is 10.2. The first-order chi connectivity index (χ1) is 14.1. The molecule has 0 saturated carbocycles. The van der Waals surface area contributed by atoms with Gasteiger partial charge in [-0.3, -0.25) is 4.68 Å². The Morgan fingerprint density at radius 3 is 2.37 bits per heavy atom. The van der Waals surface area contributed by atoms with Crippen LogP contribution in [0.5, 0.6) is 0 Å². The van der Waals surface area contributed by atoms with E-state index in [1.807, 2.05) is 45.9 Å². The first kappa shape index (κ1) is 23.4. The van der Waals surface area contributed by atoms with Crippen LogP contribution in [0.25, 0.3) is 11.3 Å². The quantitative estimate of drug-likeness (QED) is 0.271. The highest BCUT2D eigenvalue weighted by atomic mass is 28.3. The fourth-order valence-electron chi connectivity index (χ4n) is 2.93. The van der Waals surface area contributed by atoms with Gasteiger partial charge in [0.25, 0.3) is 0 Å². The van der Waals surface area contributed by atoms with E-state index in [-0.39, 0.29) is 23.9 Å². The molecule has 30 heavy (non-hydrogen) atoms. The molecule has 0 aliphatic rings. The summed E-state index contributed by atoms with van der Waals surface area (Å²) in [6.45, 7) is 15.3. The summed E-state index contributed by atoms with van der Waals surface area (Å²) in [4.78, 5) is 12.4. The summed E-state index contributed by atoms with van der Waals surface area (Å²) in [5, 5.41) is 15.7. The fourth-order valence-corrected chi connectivity index (χ4v) is 4.10.